The molecule has 0 aliphatic rings. The van der Waals surface area contributed by atoms with Crippen LogP contribution in [0.2, 0.25) is 0 Å². The van der Waals surface area contributed by atoms with E-state index >= 15 is 0 Å². The molecule has 1 aromatic heterocycles. The first-order valence-electron chi connectivity index (χ1n) is 6.41. The van der Waals surface area contributed by atoms with Gasteiger partial charge in [-0.15, -0.1) is 0 Å². The average molecular weight is 274 g/mol. The topological polar surface area (TPSA) is 53.3 Å². The first kappa shape index (κ1) is 14.1. The van der Waals surface area contributed by atoms with Crippen LogP contribution in [0.25, 0.3) is 0 Å². The van der Waals surface area contributed by atoms with Crippen molar-refractivity contribution in [1.29, 1.82) is 0 Å². The maximum atomic E-state index is 12.5. The third kappa shape index (κ3) is 2.39. The minimum absolute atomic E-state index is 0.120. The first-order chi connectivity index (χ1) is 9.60. The summed E-state index contributed by atoms with van der Waals surface area (Å²) in [4.78, 5) is 22.1. The number of ketones is 1. The third-order valence-corrected chi connectivity index (χ3v) is 3.00. The number of methoxy groups -OCH3 is 1. The zero-order chi connectivity index (χ0) is 14.7. The lowest BCUT2D eigenvalue weighted by atomic mass is 10.1. The smallest absolute Gasteiger partial charge is 0.239 e. The number of imidazole rings is 1. The lowest BCUT2D eigenvalue weighted by Crippen LogP contribution is -2.18. The fourth-order valence-electron chi connectivity index (χ4n) is 2.08. The summed E-state index contributed by atoms with van der Waals surface area (Å²) in [5.74, 6) is 0.563. The summed E-state index contributed by atoms with van der Waals surface area (Å²) in [6, 6.07) is 8.98. The fraction of sp³-hybridized carbons (Fsp3) is 0.333. The number of hydrogen-bond donors (Lipinski definition) is 0. The predicted octanol–water partition coefficient (Wildman–Crippen LogP) is 2.30. The van der Waals surface area contributed by atoms with Gasteiger partial charge in [-0.2, -0.15) is 9.71 Å². The second kappa shape index (κ2) is 5.77. The van der Waals surface area contributed by atoms with Crippen molar-refractivity contribution in [3.63, 3.8) is 0 Å². The number of nitrogens with zero attached hydrogens (tertiary/aromatic N) is 2. The second-order valence-electron chi connectivity index (χ2n) is 4.66. The van der Waals surface area contributed by atoms with Gasteiger partial charge in [0.15, 0.2) is 0 Å². The summed E-state index contributed by atoms with van der Waals surface area (Å²) < 4.78 is 6.69. The number of hydrogen-bond acceptors (Lipinski definition) is 4. The van der Waals surface area contributed by atoms with E-state index in [0.29, 0.717) is 11.4 Å². The van der Waals surface area contributed by atoms with Gasteiger partial charge >= 0.3 is 0 Å². The van der Waals surface area contributed by atoms with Crippen LogP contribution in [0, 0.1) is 0 Å². The Hall–Kier alpha value is -2.30. The van der Waals surface area contributed by atoms with Crippen molar-refractivity contribution in [2.24, 2.45) is 0 Å². The van der Waals surface area contributed by atoms with Gasteiger partial charge in [0.25, 0.3) is 0 Å². The van der Waals surface area contributed by atoms with Gasteiger partial charge in [-0.05, 0) is 0 Å². The Morgan fingerprint density at radius 1 is 1.20 bits per heavy atom. The number of ether oxygens (including phenoxy) is 1. The second-order valence-corrected chi connectivity index (χ2v) is 4.66. The van der Waals surface area contributed by atoms with E-state index < -0.39 is 0 Å². The molecule has 5 heteroatoms. The van der Waals surface area contributed by atoms with E-state index in [9.17, 15) is 4.79 Å². The van der Waals surface area contributed by atoms with Gasteiger partial charge in [0, 0.05) is 11.5 Å². The third-order valence-electron chi connectivity index (χ3n) is 3.00. The minimum atomic E-state index is -0.197. The van der Waals surface area contributed by atoms with Crippen molar-refractivity contribution in [3.8, 4) is 5.88 Å². The Kier molecular flexibility index (Phi) is 4.08. The molecule has 0 fully saturated rings. The highest BCUT2D eigenvalue weighted by molar-refractivity contribution is 6.06. The molecule has 0 aliphatic carbocycles. The summed E-state index contributed by atoms with van der Waals surface area (Å²) in [5, 5.41) is 0. The minimum Gasteiger partial charge on any atom is -0.480 e. The van der Waals surface area contributed by atoms with E-state index in [1.807, 2.05) is 32.0 Å². The molecule has 1 aromatic carbocycles. The Morgan fingerprint density at radius 3 is 2.35 bits per heavy atom. The number of rotatable bonds is 5. The van der Waals surface area contributed by atoms with Gasteiger partial charge in [-0.1, -0.05) is 44.2 Å². The molecule has 0 unspecified atom stereocenters. The van der Waals surface area contributed by atoms with E-state index in [1.165, 1.54) is 19.0 Å². The lowest BCUT2D eigenvalue weighted by molar-refractivity contribution is 0.0958. The molecule has 0 radical (unpaired) electrons. The van der Waals surface area contributed by atoms with E-state index in [0.717, 1.165) is 5.69 Å². The molecule has 0 saturated carbocycles. The summed E-state index contributed by atoms with van der Waals surface area (Å²) >= 11 is 0. The first-order valence-corrected chi connectivity index (χ1v) is 6.41. The molecule has 0 spiro atoms. The van der Waals surface area contributed by atoms with Crippen LogP contribution in [0.4, 0.5) is 0 Å². The van der Waals surface area contributed by atoms with Crippen molar-refractivity contribution >= 4 is 5.78 Å². The monoisotopic (exact) mass is 274 g/mol. The Balaban J connectivity index is 2.55. The van der Waals surface area contributed by atoms with Gasteiger partial charge in [-0.25, -0.2) is 0 Å². The molecular weight excluding hydrogens is 256 g/mol. The molecule has 106 valence electrons. The molecular formula is C15H18N2O3. The molecule has 0 N–H and O–H groups in total. The number of aromatic nitrogens is 2. The summed E-state index contributed by atoms with van der Waals surface area (Å²) in [5.41, 5.74) is 1.31. The van der Waals surface area contributed by atoms with Crippen LogP contribution < -0.4 is 9.57 Å². The van der Waals surface area contributed by atoms with Gasteiger partial charge in [0.1, 0.15) is 12.8 Å². The highest BCUT2D eigenvalue weighted by atomic mass is 16.6. The SMILES string of the molecule is COc1nc(C(=O)c2ccccc2)n(OC)c1C(C)C. The summed E-state index contributed by atoms with van der Waals surface area (Å²) in [6.07, 6.45) is 0. The standard InChI is InChI=1S/C15H18N2O3/c1-10(2)12-15(19-3)16-14(17(12)20-4)13(18)11-8-6-5-7-9-11/h5-10H,1-4H3. The number of carbonyl (C=O) groups is 1. The molecule has 0 bridgehead atoms. The van der Waals surface area contributed by atoms with Crippen LogP contribution in [0.5, 0.6) is 5.88 Å². The van der Waals surface area contributed by atoms with Crippen LogP contribution in [0.15, 0.2) is 30.3 Å². The lowest BCUT2D eigenvalue weighted by Gasteiger charge is -2.11. The average Bonchev–Trinajstić information content (AvgIpc) is 2.86. The highest BCUT2D eigenvalue weighted by Gasteiger charge is 2.26. The normalized spacial score (nSPS) is 10.7. The van der Waals surface area contributed by atoms with Crippen molar-refractivity contribution in [2.45, 2.75) is 19.8 Å². The van der Waals surface area contributed by atoms with E-state index in [-0.39, 0.29) is 17.5 Å². The molecule has 20 heavy (non-hydrogen) atoms. The van der Waals surface area contributed by atoms with E-state index in [4.69, 9.17) is 9.57 Å². The zero-order valence-electron chi connectivity index (χ0n) is 12.1. The molecule has 1 heterocycles. The molecule has 2 rings (SSSR count). The molecule has 0 saturated heterocycles. The van der Waals surface area contributed by atoms with Crippen LogP contribution in [-0.2, 0) is 0 Å². The van der Waals surface area contributed by atoms with E-state index in [2.05, 4.69) is 4.98 Å². The van der Waals surface area contributed by atoms with Crippen molar-refractivity contribution in [3.05, 3.63) is 47.4 Å². The quantitative estimate of drug-likeness (QED) is 0.785. The van der Waals surface area contributed by atoms with Crippen molar-refractivity contribution in [2.75, 3.05) is 14.2 Å². The summed E-state index contributed by atoms with van der Waals surface area (Å²) in [7, 11) is 3.04. The molecule has 0 aliphatic heterocycles. The highest BCUT2D eigenvalue weighted by Crippen LogP contribution is 2.27. The van der Waals surface area contributed by atoms with Crippen LogP contribution in [0.1, 0.15) is 41.6 Å². The number of carbonyl (C=O) groups excluding carboxylic acids is 1. The largest absolute Gasteiger partial charge is 0.480 e. The molecule has 5 nitrogen and oxygen atoms in total. The van der Waals surface area contributed by atoms with Crippen LogP contribution in [-0.4, -0.2) is 29.7 Å². The van der Waals surface area contributed by atoms with Crippen molar-refractivity contribution < 1.29 is 14.4 Å². The number of benzene rings is 1. The Morgan fingerprint density at radius 2 is 1.85 bits per heavy atom. The summed E-state index contributed by atoms with van der Waals surface area (Å²) in [6.45, 7) is 3.98. The predicted molar refractivity (Wildman–Crippen MR) is 75.2 cm³/mol. The van der Waals surface area contributed by atoms with Gasteiger partial charge < -0.3 is 9.57 Å². The van der Waals surface area contributed by atoms with Gasteiger partial charge in [-0.3, -0.25) is 4.79 Å². The maximum Gasteiger partial charge on any atom is 0.239 e. The van der Waals surface area contributed by atoms with Gasteiger partial charge in [0.05, 0.1) is 7.11 Å². The fourth-order valence-corrected chi connectivity index (χ4v) is 2.08. The van der Waals surface area contributed by atoms with Gasteiger partial charge in [0.2, 0.25) is 17.5 Å². The molecule has 0 atom stereocenters. The van der Waals surface area contributed by atoms with Crippen molar-refractivity contribution in [1.82, 2.24) is 9.71 Å². The van der Waals surface area contributed by atoms with Crippen LogP contribution in [0.3, 0.4) is 0 Å². The van der Waals surface area contributed by atoms with Crippen LogP contribution >= 0.6 is 0 Å². The Labute approximate surface area is 118 Å². The maximum absolute atomic E-state index is 12.5. The molecule has 2 aromatic rings. The zero-order valence-corrected chi connectivity index (χ0v) is 12.1. The Bertz CT molecular complexity index is 603. The molecule has 0 amide bonds. The van der Waals surface area contributed by atoms with E-state index in [1.54, 1.807) is 12.1 Å².